The number of likely N-dealkylation sites (tertiary alicyclic amines) is 1. The number of nitrogens with zero attached hydrogens (tertiary/aromatic N) is 4. The van der Waals surface area contributed by atoms with Crippen LogP contribution in [0.2, 0.25) is 0 Å². The Morgan fingerprint density at radius 3 is 2.70 bits per heavy atom. The van der Waals surface area contributed by atoms with E-state index < -0.39 is 0 Å². The summed E-state index contributed by atoms with van der Waals surface area (Å²) in [7, 11) is 0. The number of carbonyl (C=O) groups excluding carboxylic acids is 1. The molecule has 1 N–H and O–H groups in total. The van der Waals surface area contributed by atoms with E-state index in [0.29, 0.717) is 37.1 Å². The van der Waals surface area contributed by atoms with Crippen LogP contribution in [-0.2, 0) is 5.41 Å². The zero-order valence-electron chi connectivity index (χ0n) is 17.6. The van der Waals surface area contributed by atoms with Gasteiger partial charge in [-0.2, -0.15) is 0 Å². The van der Waals surface area contributed by atoms with Gasteiger partial charge in [0, 0.05) is 42.4 Å². The Kier molecular flexibility index (Phi) is 5.32. The Morgan fingerprint density at radius 1 is 1.23 bits per heavy atom. The summed E-state index contributed by atoms with van der Waals surface area (Å²) in [4.78, 5) is 32.9. The van der Waals surface area contributed by atoms with E-state index in [1.807, 2.05) is 18.3 Å². The maximum Gasteiger partial charge on any atom is 0.254 e. The molecule has 3 aromatic rings. The Hall–Kier alpha value is -3.16. The Labute approximate surface area is 174 Å². The molecule has 8 heteroatoms. The van der Waals surface area contributed by atoms with Gasteiger partial charge in [0.15, 0.2) is 5.65 Å². The standard InChI is InChI=1S/C22H27N5O3/c1-22(2,3)17-13-27-18(24-17)4-5-20(25-27)30-14-15-7-10-26(11-8-15)21(29)16-6-9-23-19(28)12-16/h4-6,9,12-13,15H,7-8,10-11,14H2,1-3H3,(H,23,28). The second-order valence-corrected chi connectivity index (χ2v) is 8.84. The van der Waals surface area contributed by atoms with Gasteiger partial charge in [-0.25, -0.2) is 9.50 Å². The van der Waals surface area contributed by atoms with Crippen LogP contribution in [0, 0.1) is 5.92 Å². The average molecular weight is 409 g/mol. The molecule has 1 amide bonds. The molecule has 1 fully saturated rings. The van der Waals surface area contributed by atoms with Crippen molar-refractivity contribution in [3.8, 4) is 5.88 Å². The number of ether oxygens (including phenoxy) is 1. The molecule has 0 saturated carbocycles. The van der Waals surface area contributed by atoms with Crippen LogP contribution in [0.5, 0.6) is 5.88 Å². The highest BCUT2D eigenvalue weighted by atomic mass is 16.5. The number of rotatable bonds is 4. The van der Waals surface area contributed by atoms with E-state index >= 15 is 0 Å². The molecule has 0 bridgehead atoms. The molecule has 8 nitrogen and oxygen atoms in total. The van der Waals surface area contributed by atoms with E-state index in [4.69, 9.17) is 4.74 Å². The second kappa shape index (κ2) is 7.93. The van der Waals surface area contributed by atoms with Crippen molar-refractivity contribution in [2.45, 2.75) is 39.0 Å². The fraction of sp³-hybridized carbons (Fsp3) is 0.455. The van der Waals surface area contributed by atoms with E-state index in [-0.39, 0.29) is 16.9 Å². The Bertz CT molecular complexity index is 1100. The minimum atomic E-state index is -0.263. The summed E-state index contributed by atoms with van der Waals surface area (Å²) < 4.78 is 7.70. The molecule has 1 aliphatic rings. The molecule has 0 spiro atoms. The first-order chi connectivity index (χ1) is 14.3. The maximum absolute atomic E-state index is 12.6. The van der Waals surface area contributed by atoms with Crippen LogP contribution in [0.25, 0.3) is 5.65 Å². The molecule has 1 aliphatic heterocycles. The van der Waals surface area contributed by atoms with Gasteiger partial charge in [0.05, 0.1) is 18.5 Å². The van der Waals surface area contributed by atoms with Crippen LogP contribution in [0.4, 0.5) is 0 Å². The number of imidazole rings is 1. The molecule has 4 heterocycles. The van der Waals surface area contributed by atoms with Crippen molar-refractivity contribution < 1.29 is 9.53 Å². The van der Waals surface area contributed by atoms with E-state index in [9.17, 15) is 9.59 Å². The van der Waals surface area contributed by atoms with Crippen LogP contribution in [0.15, 0.2) is 41.5 Å². The third kappa shape index (κ3) is 4.37. The Morgan fingerprint density at radius 2 is 2.00 bits per heavy atom. The van der Waals surface area contributed by atoms with E-state index in [1.54, 1.807) is 15.5 Å². The maximum atomic E-state index is 12.6. The predicted octanol–water partition coefficient (Wildman–Crippen LogP) is 2.65. The molecular formula is C22H27N5O3. The highest BCUT2D eigenvalue weighted by Gasteiger charge is 2.24. The molecule has 4 rings (SSSR count). The summed E-state index contributed by atoms with van der Waals surface area (Å²) >= 11 is 0. The number of hydrogen-bond donors (Lipinski definition) is 1. The number of carbonyl (C=O) groups is 1. The van der Waals surface area contributed by atoms with E-state index in [0.717, 1.165) is 24.2 Å². The van der Waals surface area contributed by atoms with Gasteiger partial charge < -0.3 is 14.6 Å². The van der Waals surface area contributed by atoms with Crippen molar-refractivity contribution in [2.75, 3.05) is 19.7 Å². The van der Waals surface area contributed by atoms with E-state index in [2.05, 4.69) is 35.8 Å². The second-order valence-electron chi connectivity index (χ2n) is 8.84. The summed E-state index contributed by atoms with van der Waals surface area (Å²) in [5.41, 5.74) is 1.93. The number of piperidine rings is 1. The van der Waals surface area contributed by atoms with Crippen LogP contribution in [0.3, 0.4) is 0 Å². The molecule has 0 aliphatic carbocycles. The van der Waals surface area contributed by atoms with Crippen LogP contribution < -0.4 is 10.3 Å². The number of fused-ring (bicyclic) bond motifs is 1. The van der Waals surface area contributed by atoms with Crippen LogP contribution in [-0.4, -0.2) is 50.1 Å². The largest absolute Gasteiger partial charge is 0.476 e. The molecule has 0 unspecified atom stereocenters. The highest BCUT2D eigenvalue weighted by molar-refractivity contribution is 5.94. The first-order valence-corrected chi connectivity index (χ1v) is 10.3. The minimum absolute atomic E-state index is 0.0343. The average Bonchev–Trinajstić information content (AvgIpc) is 3.16. The van der Waals surface area contributed by atoms with Crippen molar-refractivity contribution in [3.05, 3.63) is 58.3 Å². The van der Waals surface area contributed by atoms with E-state index in [1.165, 1.54) is 12.3 Å². The van der Waals surface area contributed by atoms with Crippen molar-refractivity contribution in [1.82, 2.24) is 24.5 Å². The van der Waals surface area contributed by atoms with Gasteiger partial charge in [-0.1, -0.05) is 20.8 Å². The third-order valence-electron chi connectivity index (χ3n) is 5.45. The summed E-state index contributed by atoms with van der Waals surface area (Å²) in [6.07, 6.45) is 5.17. The number of hydrogen-bond acceptors (Lipinski definition) is 5. The zero-order chi connectivity index (χ0) is 21.3. The molecule has 30 heavy (non-hydrogen) atoms. The normalized spacial score (nSPS) is 15.5. The van der Waals surface area contributed by atoms with Gasteiger partial charge in [0.25, 0.3) is 5.91 Å². The molecule has 158 valence electrons. The van der Waals surface area contributed by atoms with Gasteiger partial charge in [-0.3, -0.25) is 9.59 Å². The third-order valence-corrected chi connectivity index (χ3v) is 5.45. The molecule has 0 atom stereocenters. The summed E-state index contributed by atoms with van der Waals surface area (Å²) in [6, 6.07) is 6.75. The first-order valence-electron chi connectivity index (χ1n) is 10.3. The summed E-state index contributed by atoms with van der Waals surface area (Å²) in [5, 5.41) is 4.52. The van der Waals surface area contributed by atoms with Gasteiger partial charge in [-0.05, 0) is 30.9 Å². The number of aromatic amines is 1. The SMILES string of the molecule is CC(C)(C)c1cn2nc(OCC3CCN(C(=O)c4cc[nH]c(=O)c4)CC3)ccc2n1. The Balaban J connectivity index is 1.32. The van der Waals surface area contributed by atoms with Gasteiger partial charge in [0.1, 0.15) is 0 Å². The number of aromatic nitrogens is 4. The van der Waals surface area contributed by atoms with Gasteiger partial charge >= 0.3 is 0 Å². The van der Waals surface area contributed by atoms with Gasteiger partial charge in [0.2, 0.25) is 11.4 Å². The number of H-pyrrole nitrogens is 1. The lowest BCUT2D eigenvalue weighted by Crippen LogP contribution is -2.40. The molecule has 0 radical (unpaired) electrons. The zero-order valence-corrected chi connectivity index (χ0v) is 17.6. The monoisotopic (exact) mass is 409 g/mol. The predicted molar refractivity (Wildman–Crippen MR) is 113 cm³/mol. The molecule has 1 saturated heterocycles. The number of amides is 1. The minimum Gasteiger partial charge on any atom is -0.476 e. The fourth-order valence-electron chi connectivity index (χ4n) is 3.57. The molecular weight excluding hydrogens is 382 g/mol. The summed E-state index contributed by atoms with van der Waals surface area (Å²) in [5.74, 6) is 0.836. The van der Waals surface area contributed by atoms with Gasteiger partial charge in [-0.15, -0.1) is 5.10 Å². The van der Waals surface area contributed by atoms with Crippen molar-refractivity contribution in [3.63, 3.8) is 0 Å². The number of pyridine rings is 1. The van der Waals surface area contributed by atoms with Crippen molar-refractivity contribution >= 4 is 11.6 Å². The fourth-order valence-corrected chi connectivity index (χ4v) is 3.57. The summed E-state index contributed by atoms with van der Waals surface area (Å²) in [6.45, 7) is 8.24. The highest BCUT2D eigenvalue weighted by Crippen LogP contribution is 2.23. The smallest absolute Gasteiger partial charge is 0.254 e. The topological polar surface area (TPSA) is 92.6 Å². The lowest BCUT2D eigenvalue weighted by Gasteiger charge is -2.31. The van der Waals surface area contributed by atoms with Crippen LogP contribution in [0.1, 0.15) is 49.7 Å². The van der Waals surface area contributed by atoms with Crippen molar-refractivity contribution in [1.29, 1.82) is 0 Å². The number of nitrogens with one attached hydrogen (secondary N) is 1. The first kappa shape index (κ1) is 20.1. The van der Waals surface area contributed by atoms with Crippen molar-refractivity contribution in [2.24, 2.45) is 5.92 Å². The van der Waals surface area contributed by atoms with Crippen LogP contribution >= 0.6 is 0 Å². The molecule has 0 aromatic carbocycles. The lowest BCUT2D eigenvalue weighted by molar-refractivity contribution is 0.0658. The molecule has 3 aromatic heterocycles. The lowest BCUT2D eigenvalue weighted by atomic mass is 9.93. The quantitative estimate of drug-likeness (QED) is 0.715.